The molecule has 0 aromatic carbocycles. The van der Waals surface area contributed by atoms with E-state index in [1.165, 1.54) is 6.92 Å². The summed E-state index contributed by atoms with van der Waals surface area (Å²) in [5, 5.41) is 0. The summed E-state index contributed by atoms with van der Waals surface area (Å²) in [6.45, 7) is 1.40. The molecule has 10 heavy (non-hydrogen) atoms. The van der Waals surface area contributed by atoms with Crippen LogP contribution in [0.15, 0.2) is 0 Å². The second-order valence-corrected chi connectivity index (χ2v) is 10.2. The number of hydrogen-bond acceptors (Lipinski definition) is 1. The number of ketones is 1. The minimum atomic E-state index is -1.39. The highest BCUT2D eigenvalue weighted by atomic mass is 80.0. The Bertz CT molecular complexity index is 130. The van der Waals surface area contributed by atoms with Crippen LogP contribution in [-0.4, -0.2) is 12.3 Å². The molecule has 0 heterocycles. The molecule has 0 aliphatic carbocycles. The first kappa shape index (κ1) is 11.7. The van der Waals surface area contributed by atoms with Gasteiger partial charge in [0.05, 0.1) is 0 Å². The fourth-order valence-electron chi connectivity index (χ4n) is 0.249. The highest BCUT2D eigenvalue weighted by molar-refractivity contribution is 9.40. The Morgan fingerprint density at radius 3 is 1.60 bits per heavy atom. The zero-order valence-electron chi connectivity index (χ0n) is 4.80. The predicted molar refractivity (Wildman–Crippen MR) is 54.6 cm³/mol. The van der Waals surface area contributed by atoms with E-state index in [2.05, 4.69) is 47.8 Å². The van der Waals surface area contributed by atoms with Crippen molar-refractivity contribution in [3.63, 3.8) is 0 Å². The minimum absolute atomic E-state index is 0.400. The molecular formula is C4H3Br3Cl2O. The zero-order chi connectivity index (χ0) is 8.58. The summed E-state index contributed by atoms with van der Waals surface area (Å²) in [6, 6.07) is 0. The van der Waals surface area contributed by atoms with E-state index in [-0.39, 0.29) is 0 Å². The van der Waals surface area contributed by atoms with Crippen molar-refractivity contribution in [3.8, 4) is 0 Å². The highest BCUT2D eigenvalue weighted by Crippen LogP contribution is 2.41. The van der Waals surface area contributed by atoms with Gasteiger partial charge in [0.2, 0.25) is 5.78 Å². The molecule has 60 valence electrons. The standard InChI is InChI=1S/C4H3Br3Cl2O/c1-3(8,9)2(10)4(5,6)7/h1H3. The minimum Gasteiger partial charge on any atom is -0.293 e. The maximum absolute atomic E-state index is 11.1. The molecule has 0 bridgehead atoms. The van der Waals surface area contributed by atoms with Crippen LogP contribution in [-0.2, 0) is 4.79 Å². The fourth-order valence-corrected chi connectivity index (χ4v) is 2.41. The molecule has 0 radical (unpaired) electrons. The number of alkyl halides is 5. The lowest BCUT2D eigenvalue weighted by molar-refractivity contribution is -0.117. The lowest BCUT2D eigenvalue weighted by Crippen LogP contribution is -2.32. The third-order valence-corrected chi connectivity index (χ3v) is 2.08. The van der Waals surface area contributed by atoms with E-state index < -0.39 is 12.3 Å². The van der Waals surface area contributed by atoms with Gasteiger partial charge in [-0.05, 0) is 6.92 Å². The van der Waals surface area contributed by atoms with E-state index in [1.54, 1.807) is 0 Å². The fraction of sp³-hybridized carbons (Fsp3) is 0.750. The van der Waals surface area contributed by atoms with Crippen LogP contribution in [0.1, 0.15) is 6.92 Å². The van der Waals surface area contributed by atoms with Crippen molar-refractivity contribution in [2.45, 2.75) is 13.4 Å². The van der Waals surface area contributed by atoms with Crippen LogP contribution in [0.3, 0.4) is 0 Å². The summed E-state index contributed by atoms with van der Waals surface area (Å²) >= 11 is 20.0. The number of carbonyl (C=O) groups excluding carboxylic acids is 1. The van der Waals surface area contributed by atoms with Crippen LogP contribution in [0.5, 0.6) is 0 Å². The van der Waals surface area contributed by atoms with Crippen molar-refractivity contribution >= 4 is 76.8 Å². The third-order valence-electron chi connectivity index (χ3n) is 0.656. The first-order chi connectivity index (χ1) is 4.15. The van der Waals surface area contributed by atoms with Crippen LogP contribution in [0.25, 0.3) is 0 Å². The molecule has 0 N–H and O–H groups in total. The van der Waals surface area contributed by atoms with Gasteiger partial charge < -0.3 is 0 Å². The van der Waals surface area contributed by atoms with Gasteiger partial charge in [-0.1, -0.05) is 71.0 Å². The molecule has 0 spiro atoms. The maximum atomic E-state index is 11.1. The first-order valence-corrected chi connectivity index (χ1v) is 5.28. The van der Waals surface area contributed by atoms with Gasteiger partial charge in [0, 0.05) is 0 Å². The van der Waals surface area contributed by atoms with E-state index >= 15 is 0 Å². The topological polar surface area (TPSA) is 17.1 Å². The average Bonchev–Trinajstić information content (AvgIpc) is 1.59. The summed E-state index contributed by atoms with van der Waals surface area (Å²) in [7, 11) is 0. The quantitative estimate of drug-likeness (QED) is 0.638. The van der Waals surface area contributed by atoms with Crippen LogP contribution in [0.4, 0.5) is 0 Å². The third kappa shape index (κ3) is 3.90. The second-order valence-electron chi connectivity index (χ2n) is 1.72. The van der Waals surface area contributed by atoms with Crippen LogP contribution in [0, 0.1) is 0 Å². The van der Waals surface area contributed by atoms with Crippen molar-refractivity contribution in [3.05, 3.63) is 0 Å². The Morgan fingerprint density at radius 2 is 1.60 bits per heavy atom. The summed E-state index contributed by atoms with van der Waals surface area (Å²) < 4.78 is -2.41. The molecule has 6 heteroatoms. The molecule has 0 rings (SSSR count). The lowest BCUT2D eigenvalue weighted by atomic mass is 10.3. The second kappa shape index (κ2) is 3.60. The first-order valence-electron chi connectivity index (χ1n) is 2.15. The van der Waals surface area contributed by atoms with Crippen molar-refractivity contribution in [2.75, 3.05) is 0 Å². The van der Waals surface area contributed by atoms with Gasteiger partial charge in [-0.2, -0.15) is 0 Å². The zero-order valence-corrected chi connectivity index (χ0v) is 11.1. The molecule has 0 unspecified atom stereocenters. The largest absolute Gasteiger partial charge is 0.293 e. The monoisotopic (exact) mass is 374 g/mol. The summed E-state index contributed by atoms with van der Waals surface area (Å²) in [5.41, 5.74) is 0. The van der Waals surface area contributed by atoms with Crippen LogP contribution >= 0.6 is 71.0 Å². The number of halogens is 5. The summed E-state index contributed by atoms with van der Waals surface area (Å²) in [4.78, 5) is 11.1. The molecular weight excluding hydrogens is 375 g/mol. The van der Waals surface area contributed by atoms with E-state index in [0.717, 1.165) is 0 Å². The summed E-state index contributed by atoms with van der Waals surface area (Å²) in [5.74, 6) is -0.400. The number of rotatable bonds is 1. The predicted octanol–water partition coefficient (Wildman–Crippen LogP) is 3.59. The van der Waals surface area contributed by atoms with E-state index in [1.807, 2.05) is 0 Å². The van der Waals surface area contributed by atoms with Crippen LogP contribution < -0.4 is 0 Å². The van der Waals surface area contributed by atoms with Gasteiger partial charge in [-0.25, -0.2) is 0 Å². The molecule has 0 aromatic heterocycles. The molecule has 0 saturated heterocycles. The van der Waals surface area contributed by atoms with E-state index in [9.17, 15) is 4.79 Å². The SMILES string of the molecule is CC(Cl)(Cl)C(=O)C(Br)(Br)Br. The highest BCUT2D eigenvalue weighted by Gasteiger charge is 2.41. The van der Waals surface area contributed by atoms with Gasteiger partial charge in [0.15, 0.2) is 6.48 Å². The van der Waals surface area contributed by atoms with Gasteiger partial charge in [0.1, 0.15) is 0 Å². The van der Waals surface area contributed by atoms with Crippen molar-refractivity contribution in [2.24, 2.45) is 0 Å². The Morgan fingerprint density at radius 1 is 1.30 bits per heavy atom. The molecule has 0 aromatic rings. The van der Waals surface area contributed by atoms with E-state index in [4.69, 9.17) is 23.2 Å². The van der Waals surface area contributed by atoms with Gasteiger partial charge in [-0.3, -0.25) is 4.79 Å². The van der Waals surface area contributed by atoms with Crippen molar-refractivity contribution < 1.29 is 4.79 Å². The molecule has 0 amide bonds. The Kier molecular flexibility index (Phi) is 4.21. The normalized spacial score (nSPS) is 13.4. The van der Waals surface area contributed by atoms with Gasteiger partial charge >= 0.3 is 0 Å². The van der Waals surface area contributed by atoms with Gasteiger partial charge in [-0.15, -0.1) is 0 Å². The smallest absolute Gasteiger partial charge is 0.206 e. The molecule has 0 atom stereocenters. The molecule has 0 fully saturated rings. The molecule has 0 aliphatic heterocycles. The van der Waals surface area contributed by atoms with E-state index in [0.29, 0.717) is 0 Å². The Labute approximate surface area is 94.2 Å². The number of carbonyl (C=O) groups is 1. The van der Waals surface area contributed by atoms with Gasteiger partial charge in [0.25, 0.3) is 0 Å². The van der Waals surface area contributed by atoms with Crippen molar-refractivity contribution in [1.82, 2.24) is 0 Å². The van der Waals surface area contributed by atoms with Crippen LogP contribution in [0.2, 0.25) is 0 Å². The molecule has 1 nitrogen and oxygen atoms in total. The average molecular weight is 378 g/mol. The maximum Gasteiger partial charge on any atom is 0.206 e. The Balaban J connectivity index is 4.40. The molecule has 0 saturated carbocycles. The Hall–Kier alpha value is 1.69. The molecule has 0 aliphatic rings. The lowest BCUT2D eigenvalue weighted by Gasteiger charge is -2.18. The number of hydrogen-bond donors (Lipinski definition) is 0. The van der Waals surface area contributed by atoms with Crippen molar-refractivity contribution in [1.29, 1.82) is 0 Å². The summed E-state index contributed by atoms with van der Waals surface area (Å²) in [6.07, 6.45) is 0. The number of Topliss-reactive ketones (excluding diaryl/α,β-unsaturated/α-hetero) is 1.